The first-order valence-corrected chi connectivity index (χ1v) is 5.63. The predicted octanol–water partition coefficient (Wildman–Crippen LogP) is 2.36. The molecule has 1 aliphatic carbocycles. The van der Waals surface area contributed by atoms with Crippen LogP contribution in [0.4, 0.5) is 0 Å². The Balaban J connectivity index is 2.23. The zero-order chi connectivity index (χ0) is 10.9. The van der Waals surface area contributed by atoms with Gasteiger partial charge < -0.3 is 5.32 Å². The molecule has 1 aromatic rings. The molecule has 0 bridgehead atoms. The molecule has 0 atom stereocenters. The van der Waals surface area contributed by atoms with Gasteiger partial charge in [-0.3, -0.25) is 4.98 Å². The molecule has 0 aromatic carbocycles. The van der Waals surface area contributed by atoms with E-state index in [1.54, 1.807) is 0 Å². The highest BCUT2D eigenvalue weighted by atomic mass is 14.8. The first-order valence-electron chi connectivity index (χ1n) is 5.63. The Morgan fingerprint density at radius 2 is 1.87 bits per heavy atom. The molecule has 0 spiro atoms. The molecule has 2 heteroatoms. The van der Waals surface area contributed by atoms with Crippen LogP contribution < -0.4 is 5.32 Å². The average Bonchev–Trinajstić information content (AvgIpc) is 2.16. The van der Waals surface area contributed by atoms with E-state index in [1.807, 2.05) is 19.4 Å². The van der Waals surface area contributed by atoms with E-state index in [9.17, 15) is 0 Å². The minimum atomic E-state index is 0.348. The van der Waals surface area contributed by atoms with Crippen LogP contribution in [0.3, 0.4) is 0 Å². The first-order chi connectivity index (χ1) is 7.08. The van der Waals surface area contributed by atoms with Crippen LogP contribution in [0.25, 0.3) is 0 Å². The van der Waals surface area contributed by atoms with Crippen molar-refractivity contribution in [2.45, 2.75) is 32.1 Å². The Bertz CT molecular complexity index is 322. The summed E-state index contributed by atoms with van der Waals surface area (Å²) in [6, 6.07) is 4.32. The van der Waals surface area contributed by atoms with E-state index in [0.29, 0.717) is 10.8 Å². The Morgan fingerprint density at radius 3 is 2.33 bits per heavy atom. The second kappa shape index (κ2) is 3.60. The molecule has 0 saturated heterocycles. The van der Waals surface area contributed by atoms with Gasteiger partial charge in [-0.15, -0.1) is 0 Å². The van der Waals surface area contributed by atoms with Crippen molar-refractivity contribution in [2.75, 3.05) is 13.6 Å². The van der Waals surface area contributed by atoms with Crippen molar-refractivity contribution < 1.29 is 0 Å². The molecule has 1 aromatic heterocycles. The van der Waals surface area contributed by atoms with Crippen LogP contribution in [0.2, 0.25) is 0 Å². The lowest BCUT2D eigenvalue weighted by molar-refractivity contribution is 0.0578. The van der Waals surface area contributed by atoms with Crippen LogP contribution in [0.5, 0.6) is 0 Å². The van der Waals surface area contributed by atoms with Gasteiger partial charge in [-0.25, -0.2) is 0 Å². The van der Waals surface area contributed by atoms with Crippen LogP contribution in [-0.4, -0.2) is 18.6 Å². The number of nitrogens with zero attached hydrogens (tertiary/aromatic N) is 1. The molecule has 1 saturated carbocycles. The molecule has 1 heterocycles. The molecule has 0 aliphatic heterocycles. The van der Waals surface area contributed by atoms with E-state index in [0.717, 1.165) is 6.54 Å². The number of aromatic nitrogens is 1. The Hall–Kier alpha value is -0.890. The van der Waals surface area contributed by atoms with Crippen molar-refractivity contribution >= 4 is 0 Å². The maximum atomic E-state index is 4.09. The quantitative estimate of drug-likeness (QED) is 0.817. The van der Waals surface area contributed by atoms with E-state index in [1.165, 1.54) is 18.4 Å². The summed E-state index contributed by atoms with van der Waals surface area (Å²) in [7, 11) is 2.04. The van der Waals surface area contributed by atoms with Crippen molar-refractivity contribution in [3.63, 3.8) is 0 Å². The number of likely N-dealkylation sites (N-methyl/N-ethyl adjacent to an activating group) is 1. The van der Waals surface area contributed by atoms with Gasteiger partial charge in [-0.2, -0.15) is 0 Å². The van der Waals surface area contributed by atoms with Gasteiger partial charge in [-0.05, 0) is 43.0 Å². The molecule has 2 rings (SSSR count). The van der Waals surface area contributed by atoms with Gasteiger partial charge in [0.25, 0.3) is 0 Å². The van der Waals surface area contributed by atoms with E-state index in [4.69, 9.17) is 0 Å². The average molecular weight is 204 g/mol. The Morgan fingerprint density at radius 1 is 1.27 bits per heavy atom. The standard InChI is InChI=1S/C13H20N2/c1-12(2)8-13(9-12,10-14-3)11-4-6-15-7-5-11/h4-7,14H,8-10H2,1-3H3. The molecule has 2 nitrogen and oxygen atoms in total. The van der Waals surface area contributed by atoms with Crippen molar-refractivity contribution in [3.05, 3.63) is 30.1 Å². The minimum Gasteiger partial charge on any atom is -0.319 e. The number of hydrogen-bond acceptors (Lipinski definition) is 2. The van der Waals surface area contributed by atoms with Gasteiger partial charge >= 0.3 is 0 Å². The van der Waals surface area contributed by atoms with Crippen LogP contribution in [-0.2, 0) is 5.41 Å². The summed E-state index contributed by atoms with van der Waals surface area (Å²) in [6.45, 7) is 5.77. The van der Waals surface area contributed by atoms with Crippen LogP contribution in [0.1, 0.15) is 32.3 Å². The molecule has 0 unspecified atom stereocenters. The summed E-state index contributed by atoms with van der Waals surface area (Å²) in [5, 5.41) is 3.33. The molecule has 0 radical (unpaired) electrons. The first kappa shape index (κ1) is 10.6. The molecular weight excluding hydrogens is 184 g/mol. The molecule has 1 aliphatic rings. The van der Waals surface area contributed by atoms with E-state index in [-0.39, 0.29) is 0 Å². The molecule has 82 valence electrons. The summed E-state index contributed by atoms with van der Waals surface area (Å²) in [4.78, 5) is 4.09. The lowest BCUT2D eigenvalue weighted by atomic mass is 9.52. The van der Waals surface area contributed by atoms with Crippen LogP contribution >= 0.6 is 0 Å². The fourth-order valence-corrected chi connectivity index (χ4v) is 3.26. The van der Waals surface area contributed by atoms with Gasteiger partial charge in [0, 0.05) is 24.4 Å². The topological polar surface area (TPSA) is 24.9 Å². The predicted molar refractivity (Wildman–Crippen MR) is 62.9 cm³/mol. The SMILES string of the molecule is CNCC1(c2ccncc2)CC(C)(C)C1. The summed E-state index contributed by atoms with van der Waals surface area (Å²) in [5.74, 6) is 0. The van der Waals surface area contributed by atoms with E-state index in [2.05, 4.69) is 36.3 Å². The van der Waals surface area contributed by atoms with Crippen molar-refractivity contribution in [3.8, 4) is 0 Å². The Labute approximate surface area is 92.1 Å². The van der Waals surface area contributed by atoms with Gasteiger partial charge in [0.05, 0.1) is 0 Å². The summed E-state index contributed by atoms with van der Waals surface area (Å²) in [5.41, 5.74) is 2.28. The van der Waals surface area contributed by atoms with E-state index < -0.39 is 0 Å². The maximum absolute atomic E-state index is 4.09. The fraction of sp³-hybridized carbons (Fsp3) is 0.615. The zero-order valence-electron chi connectivity index (χ0n) is 9.88. The van der Waals surface area contributed by atoms with Crippen molar-refractivity contribution in [1.29, 1.82) is 0 Å². The maximum Gasteiger partial charge on any atom is 0.0270 e. The van der Waals surface area contributed by atoms with Crippen molar-refractivity contribution in [1.82, 2.24) is 10.3 Å². The third kappa shape index (κ3) is 1.91. The monoisotopic (exact) mass is 204 g/mol. The van der Waals surface area contributed by atoms with E-state index >= 15 is 0 Å². The van der Waals surface area contributed by atoms with Gasteiger partial charge in [0.2, 0.25) is 0 Å². The highest BCUT2D eigenvalue weighted by Gasteiger charge is 2.49. The fourth-order valence-electron chi connectivity index (χ4n) is 3.26. The van der Waals surface area contributed by atoms with Crippen LogP contribution in [0.15, 0.2) is 24.5 Å². The number of rotatable bonds is 3. The van der Waals surface area contributed by atoms with Gasteiger partial charge in [-0.1, -0.05) is 13.8 Å². The highest BCUT2D eigenvalue weighted by molar-refractivity contribution is 5.29. The van der Waals surface area contributed by atoms with Crippen molar-refractivity contribution in [2.24, 2.45) is 5.41 Å². The summed E-state index contributed by atoms with van der Waals surface area (Å²) < 4.78 is 0. The molecule has 15 heavy (non-hydrogen) atoms. The smallest absolute Gasteiger partial charge is 0.0270 e. The molecule has 0 amide bonds. The highest BCUT2D eigenvalue weighted by Crippen LogP contribution is 2.54. The zero-order valence-corrected chi connectivity index (χ0v) is 9.88. The number of pyridine rings is 1. The normalized spacial score (nSPS) is 22.1. The minimum absolute atomic E-state index is 0.348. The largest absolute Gasteiger partial charge is 0.319 e. The second-order valence-electron chi connectivity index (χ2n) is 5.56. The third-order valence-electron chi connectivity index (χ3n) is 3.44. The van der Waals surface area contributed by atoms with Gasteiger partial charge in [0.1, 0.15) is 0 Å². The molecule has 1 N–H and O–H groups in total. The number of hydrogen-bond donors (Lipinski definition) is 1. The lowest BCUT2D eigenvalue weighted by Gasteiger charge is -2.54. The molecular formula is C13H20N2. The summed E-state index contributed by atoms with van der Waals surface area (Å²) in [6.07, 6.45) is 6.34. The van der Waals surface area contributed by atoms with Gasteiger partial charge in [0.15, 0.2) is 0 Å². The third-order valence-corrected chi connectivity index (χ3v) is 3.44. The Kier molecular flexibility index (Phi) is 2.55. The lowest BCUT2D eigenvalue weighted by Crippen LogP contribution is -2.51. The second-order valence-corrected chi connectivity index (χ2v) is 5.56. The molecule has 1 fully saturated rings. The van der Waals surface area contributed by atoms with Crippen LogP contribution in [0, 0.1) is 5.41 Å². The number of nitrogens with one attached hydrogen (secondary N) is 1. The summed E-state index contributed by atoms with van der Waals surface area (Å²) >= 11 is 0.